The molecule has 2 fully saturated rings. The minimum Gasteiger partial charge on any atom is -0.486 e. The highest BCUT2D eigenvalue weighted by Crippen LogP contribution is 2.30. The first-order chi connectivity index (χ1) is 26.6. The summed E-state index contributed by atoms with van der Waals surface area (Å²) in [4.78, 5) is 64.8. The van der Waals surface area contributed by atoms with Gasteiger partial charge in [-0.1, -0.05) is 67.1 Å². The average molecular weight is 763 g/mol. The van der Waals surface area contributed by atoms with Crippen LogP contribution in [-0.2, 0) is 41.8 Å². The largest absolute Gasteiger partial charge is 0.486 e. The van der Waals surface area contributed by atoms with Crippen LogP contribution in [0.5, 0.6) is 5.75 Å². The Bertz CT molecular complexity index is 1700. The van der Waals surface area contributed by atoms with E-state index in [4.69, 9.17) is 23.7 Å². The molecular formula is C40H47FN4O10. The van der Waals surface area contributed by atoms with Crippen LogP contribution in [0, 0.1) is 5.82 Å². The summed E-state index contributed by atoms with van der Waals surface area (Å²) in [6.45, 7) is 2.73. The van der Waals surface area contributed by atoms with Crippen molar-refractivity contribution in [3.8, 4) is 5.75 Å². The van der Waals surface area contributed by atoms with Crippen LogP contribution < -0.4 is 20.3 Å². The van der Waals surface area contributed by atoms with Crippen LogP contribution in [0.3, 0.4) is 0 Å². The number of imide groups is 1. The molecule has 0 spiro atoms. The average Bonchev–Trinajstić information content (AvgIpc) is 3.57. The smallest absolute Gasteiger partial charge is 0.419 e. The predicted molar refractivity (Wildman–Crippen MR) is 198 cm³/mol. The van der Waals surface area contributed by atoms with Crippen molar-refractivity contribution in [3.05, 3.63) is 95.8 Å². The molecule has 1 atom stereocenters. The number of halogens is 1. The van der Waals surface area contributed by atoms with E-state index in [1.54, 1.807) is 0 Å². The first-order valence-electron chi connectivity index (χ1n) is 18.4. The Morgan fingerprint density at radius 3 is 2.15 bits per heavy atom. The van der Waals surface area contributed by atoms with Gasteiger partial charge in [-0.2, -0.15) is 0 Å². The summed E-state index contributed by atoms with van der Waals surface area (Å²) in [5, 5.41) is 5.84. The van der Waals surface area contributed by atoms with Crippen molar-refractivity contribution in [3.63, 3.8) is 0 Å². The second-order valence-electron chi connectivity index (χ2n) is 13.4. The molecule has 5 rings (SSSR count). The number of ether oxygens (including phenoxy) is 5. The second kappa shape index (κ2) is 20.1. The number of carbonyl (C=O) groups excluding carboxylic acids is 5. The summed E-state index contributed by atoms with van der Waals surface area (Å²) in [5.41, 5.74) is 0.838. The SMILES string of the molecule is CC(=O)NC[C@H]1CN(c2ccc(OCC3(OC(=O)CCCCCN(C(=O)OCc4ccccc4)C(=O)OCc4ccccc4)CCNCC3)c(F)c2)C(=O)O1. The number of nitrogens with zero attached hydrogens (tertiary/aromatic N) is 2. The number of cyclic esters (lactones) is 1. The van der Waals surface area contributed by atoms with E-state index in [-0.39, 0.29) is 63.2 Å². The molecule has 15 heteroatoms. The third-order valence-electron chi connectivity index (χ3n) is 9.13. The number of esters is 1. The fourth-order valence-electron chi connectivity index (χ4n) is 6.10. The first-order valence-corrected chi connectivity index (χ1v) is 18.4. The van der Waals surface area contributed by atoms with Crippen molar-refractivity contribution in [2.24, 2.45) is 0 Å². The molecule has 294 valence electrons. The Morgan fingerprint density at radius 2 is 1.55 bits per heavy atom. The van der Waals surface area contributed by atoms with Gasteiger partial charge in [0.15, 0.2) is 11.6 Å². The fourth-order valence-corrected chi connectivity index (χ4v) is 6.10. The third kappa shape index (κ3) is 12.4. The van der Waals surface area contributed by atoms with Crippen LogP contribution in [-0.4, -0.2) is 86.1 Å². The van der Waals surface area contributed by atoms with Gasteiger partial charge in [0.2, 0.25) is 5.91 Å². The molecular weight excluding hydrogens is 715 g/mol. The monoisotopic (exact) mass is 762 g/mol. The minimum absolute atomic E-state index is 0.00946. The number of hydrogen-bond donors (Lipinski definition) is 2. The van der Waals surface area contributed by atoms with Crippen molar-refractivity contribution < 1.29 is 52.0 Å². The Balaban J connectivity index is 1.09. The number of benzene rings is 3. The molecule has 55 heavy (non-hydrogen) atoms. The molecule has 0 radical (unpaired) electrons. The van der Waals surface area contributed by atoms with Crippen LogP contribution in [0.2, 0.25) is 0 Å². The lowest BCUT2D eigenvalue weighted by Crippen LogP contribution is -2.49. The quantitative estimate of drug-likeness (QED) is 0.0962. The van der Waals surface area contributed by atoms with Gasteiger partial charge in [-0.25, -0.2) is 23.7 Å². The maximum Gasteiger partial charge on any atom is 0.419 e. The Hall–Kier alpha value is -5.70. The van der Waals surface area contributed by atoms with E-state index >= 15 is 4.39 Å². The van der Waals surface area contributed by atoms with E-state index < -0.39 is 41.8 Å². The van der Waals surface area contributed by atoms with Gasteiger partial charge in [0.05, 0.1) is 18.8 Å². The van der Waals surface area contributed by atoms with E-state index in [1.165, 1.54) is 30.0 Å². The number of piperidine rings is 1. The number of anilines is 1. The topological polar surface area (TPSA) is 162 Å². The van der Waals surface area contributed by atoms with E-state index in [0.717, 1.165) is 16.0 Å². The maximum atomic E-state index is 15.2. The highest BCUT2D eigenvalue weighted by Gasteiger charge is 2.38. The van der Waals surface area contributed by atoms with Gasteiger partial charge in [-0.3, -0.25) is 14.5 Å². The van der Waals surface area contributed by atoms with Gasteiger partial charge in [0.25, 0.3) is 0 Å². The van der Waals surface area contributed by atoms with Crippen LogP contribution in [0.25, 0.3) is 0 Å². The van der Waals surface area contributed by atoms with Gasteiger partial charge in [-0.15, -0.1) is 0 Å². The predicted octanol–water partition coefficient (Wildman–Crippen LogP) is 5.87. The molecule has 2 aliphatic rings. The Morgan fingerprint density at radius 1 is 0.909 bits per heavy atom. The number of nitrogens with one attached hydrogen (secondary N) is 2. The number of rotatable bonds is 17. The standard InChI is InChI=1S/C40H47FN4O10/c1-29(46)43-24-33-25-45(39(50)54-33)32-16-17-35(34(41)23-32)53-28-40(18-20-42-21-19-40)55-36(47)15-9-4-10-22-44(37(48)51-26-30-11-5-2-6-12-30)38(49)52-27-31-13-7-3-8-14-31/h2-3,5-8,11-14,16-17,23,33,42H,4,9-10,15,18-22,24-28H2,1H3,(H,43,46)/t33-/m0/s1. The molecule has 3 aromatic carbocycles. The molecule has 4 amide bonds. The summed E-state index contributed by atoms with van der Waals surface area (Å²) >= 11 is 0. The summed E-state index contributed by atoms with van der Waals surface area (Å²) in [6, 6.07) is 22.3. The van der Waals surface area contributed by atoms with Crippen LogP contribution in [0.15, 0.2) is 78.9 Å². The van der Waals surface area contributed by atoms with Crippen LogP contribution in [0.4, 0.5) is 24.5 Å². The van der Waals surface area contributed by atoms with E-state index in [0.29, 0.717) is 45.2 Å². The zero-order valence-electron chi connectivity index (χ0n) is 30.8. The highest BCUT2D eigenvalue weighted by atomic mass is 19.1. The van der Waals surface area contributed by atoms with Gasteiger partial charge in [0, 0.05) is 38.8 Å². The van der Waals surface area contributed by atoms with E-state index in [9.17, 15) is 24.0 Å². The van der Waals surface area contributed by atoms with Gasteiger partial charge in [0.1, 0.15) is 31.5 Å². The molecule has 0 saturated carbocycles. The molecule has 2 saturated heterocycles. The molecule has 3 aromatic rings. The molecule has 0 bridgehead atoms. The number of carbonyl (C=O) groups is 5. The number of hydrogen-bond acceptors (Lipinski definition) is 11. The lowest BCUT2D eigenvalue weighted by atomic mass is 9.93. The fraction of sp³-hybridized carbons (Fsp3) is 0.425. The lowest BCUT2D eigenvalue weighted by molar-refractivity contribution is -0.166. The van der Waals surface area contributed by atoms with E-state index in [2.05, 4.69) is 10.6 Å². The van der Waals surface area contributed by atoms with Crippen molar-refractivity contribution in [2.45, 2.75) is 70.4 Å². The molecule has 2 heterocycles. The summed E-state index contributed by atoms with van der Waals surface area (Å²) in [5.74, 6) is -1.46. The van der Waals surface area contributed by atoms with Crippen LogP contribution in [0.1, 0.15) is 56.6 Å². The minimum atomic E-state index is -0.981. The van der Waals surface area contributed by atoms with Crippen molar-refractivity contribution in [1.29, 1.82) is 0 Å². The molecule has 0 aliphatic carbocycles. The lowest BCUT2D eigenvalue weighted by Gasteiger charge is -2.36. The van der Waals surface area contributed by atoms with Gasteiger partial charge in [-0.05, 0) is 49.2 Å². The van der Waals surface area contributed by atoms with E-state index in [1.807, 2.05) is 60.7 Å². The maximum absolute atomic E-state index is 15.2. The number of unbranched alkanes of at least 4 members (excludes halogenated alkanes) is 2. The molecule has 0 aromatic heterocycles. The Labute approximate surface area is 319 Å². The van der Waals surface area contributed by atoms with Gasteiger partial charge >= 0.3 is 24.2 Å². The van der Waals surface area contributed by atoms with Crippen LogP contribution >= 0.6 is 0 Å². The van der Waals surface area contributed by atoms with Crippen molar-refractivity contribution in [2.75, 3.05) is 44.2 Å². The Kier molecular flexibility index (Phi) is 14.8. The normalized spacial score (nSPS) is 16.1. The zero-order chi connectivity index (χ0) is 39.0. The molecule has 14 nitrogen and oxygen atoms in total. The third-order valence-corrected chi connectivity index (χ3v) is 9.13. The highest BCUT2D eigenvalue weighted by molar-refractivity contribution is 5.90. The second-order valence-corrected chi connectivity index (χ2v) is 13.4. The summed E-state index contributed by atoms with van der Waals surface area (Å²) < 4.78 is 43.1. The van der Waals surface area contributed by atoms with Gasteiger partial charge < -0.3 is 34.3 Å². The summed E-state index contributed by atoms with van der Waals surface area (Å²) in [6.07, 6.45) is -0.538. The summed E-state index contributed by atoms with van der Waals surface area (Å²) in [7, 11) is 0. The first kappa shape index (κ1) is 40.5. The molecule has 0 unspecified atom stereocenters. The number of amides is 4. The molecule has 2 aliphatic heterocycles. The van der Waals surface area contributed by atoms with Crippen molar-refractivity contribution in [1.82, 2.24) is 15.5 Å². The zero-order valence-corrected chi connectivity index (χ0v) is 30.8. The molecule has 2 N–H and O–H groups in total. The van der Waals surface area contributed by atoms with Crippen molar-refractivity contribution >= 4 is 35.8 Å².